The number of carbonyl (C=O) groups excluding carboxylic acids is 2. The van der Waals surface area contributed by atoms with Crippen LogP contribution in [-0.4, -0.2) is 11.8 Å². The molecule has 0 saturated heterocycles. The summed E-state index contributed by atoms with van der Waals surface area (Å²) >= 11 is 0. The Morgan fingerprint density at radius 1 is 0.962 bits per heavy atom. The van der Waals surface area contributed by atoms with Gasteiger partial charge in [0.1, 0.15) is 0 Å². The Kier molecular flexibility index (Phi) is 5.71. The number of anilines is 2. The maximum atomic E-state index is 12.4. The largest absolute Gasteiger partial charge is 0.326 e. The van der Waals surface area contributed by atoms with E-state index in [1.807, 2.05) is 44.2 Å². The van der Waals surface area contributed by atoms with E-state index in [0.717, 1.165) is 24.2 Å². The molecule has 1 aliphatic rings. The van der Waals surface area contributed by atoms with E-state index in [9.17, 15) is 9.59 Å². The van der Waals surface area contributed by atoms with Crippen LogP contribution in [0.15, 0.2) is 48.5 Å². The monoisotopic (exact) mass is 350 g/mol. The molecular weight excluding hydrogens is 324 g/mol. The molecular formula is C22H26N2O2. The minimum atomic E-state index is 0.0108. The molecule has 0 aliphatic heterocycles. The molecule has 1 unspecified atom stereocenters. The van der Waals surface area contributed by atoms with E-state index in [1.54, 1.807) is 0 Å². The molecule has 2 amide bonds. The Morgan fingerprint density at radius 2 is 1.58 bits per heavy atom. The molecule has 2 aromatic carbocycles. The number of carbonyl (C=O) groups is 2. The van der Waals surface area contributed by atoms with Gasteiger partial charge in [-0.2, -0.15) is 0 Å². The zero-order chi connectivity index (χ0) is 18.5. The molecule has 136 valence electrons. The normalized spacial score (nSPS) is 15.6. The molecule has 2 N–H and O–H groups in total. The first kappa shape index (κ1) is 18.2. The number of hydrogen-bond acceptors (Lipinski definition) is 2. The quantitative estimate of drug-likeness (QED) is 0.791. The molecule has 1 atom stereocenters. The zero-order valence-electron chi connectivity index (χ0n) is 15.4. The van der Waals surface area contributed by atoms with E-state index < -0.39 is 0 Å². The lowest BCUT2D eigenvalue weighted by molar-refractivity contribution is -0.117. The Morgan fingerprint density at radius 3 is 2.23 bits per heavy atom. The summed E-state index contributed by atoms with van der Waals surface area (Å²) < 4.78 is 0. The van der Waals surface area contributed by atoms with Crippen molar-refractivity contribution in [3.63, 3.8) is 0 Å². The van der Waals surface area contributed by atoms with E-state index in [2.05, 4.69) is 28.8 Å². The fraction of sp³-hybridized carbons (Fsp3) is 0.364. The fourth-order valence-corrected chi connectivity index (χ4v) is 3.51. The zero-order valence-corrected chi connectivity index (χ0v) is 15.4. The lowest BCUT2D eigenvalue weighted by Crippen LogP contribution is -2.15. The second-order valence-corrected chi connectivity index (χ2v) is 7.41. The molecule has 0 aromatic heterocycles. The first-order valence-corrected chi connectivity index (χ1v) is 9.29. The van der Waals surface area contributed by atoms with Gasteiger partial charge in [0.15, 0.2) is 0 Å². The van der Waals surface area contributed by atoms with Crippen molar-refractivity contribution >= 4 is 23.2 Å². The summed E-state index contributed by atoms with van der Waals surface area (Å²) in [5.41, 5.74) is 4.18. The summed E-state index contributed by atoms with van der Waals surface area (Å²) in [5, 5.41) is 5.83. The van der Waals surface area contributed by atoms with E-state index in [4.69, 9.17) is 0 Å². The summed E-state index contributed by atoms with van der Waals surface area (Å²) in [7, 11) is 0. The van der Waals surface area contributed by atoms with Gasteiger partial charge in [0.2, 0.25) is 11.8 Å². The van der Waals surface area contributed by atoms with Crippen molar-refractivity contribution < 1.29 is 9.59 Å². The van der Waals surface area contributed by atoms with Crippen LogP contribution in [0.25, 0.3) is 0 Å². The third-order valence-corrected chi connectivity index (χ3v) is 4.73. The van der Waals surface area contributed by atoms with Crippen LogP contribution in [0.2, 0.25) is 0 Å². The summed E-state index contributed by atoms with van der Waals surface area (Å²) in [5.74, 6) is 0.676. The molecule has 0 fully saturated rings. The van der Waals surface area contributed by atoms with Gasteiger partial charge in [0.25, 0.3) is 0 Å². The fourth-order valence-electron chi connectivity index (χ4n) is 3.51. The van der Waals surface area contributed by atoms with Crippen molar-refractivity contribution in [1.82, 2.24) is 0 Å². The number of rotatable bonds is 6. The second kappa shape index (κ2) is 8.17. The Balaban J connectivity index is 1.53. The van der Waals surface area contributed by atoms with Crippen molar-refractivity contribution in [2.45, 2.75) is 45.4 Å². The Bertz CT molecular complexity index is 781. The molecule has 0 radical (unpaired) electrons. The number of fused-ring (bicyclic) bond motifs is 1. The smallest absolute Gasteiger partial charge is 0.224 e. The van der Waals surface area contributed by atoms with Gasteiger partial charge in [0, 0.05) is 24.2 Å². The standard InChI is InChI=1S/C22H26N2O2/c1-15(2)13-21(25)23-18-9-11-19(12-10-18)24-22(26)14-17-8-7-16-5-3-4-6-20(16)17/h3-6,9-12,15,17H,7-8,13-14H2,1-2H3,(H,23,25)(H,24,26). The van der Waals surface area contributed by atoms with Crippen molar-refractivity contribution in [2.24, 2.45) is 5.92 Å². The van der Waals surface area contributed by atoms with Gasteiger partial charge in [-0.15, -0.1) is 0 Å². The van der Waals surface area contributed by atoms with Gasteiger partial charge in [-0.25, -0.2) is 0 Å². The summed E-state index contributed by atoms with van der Waals surface area (Å²) in [6.45, 7) is 4.03. The number of nitrogens with one attached hydrogen (secondary N) is 2. The van der Waals surface area contributed by atoms with Gasteiger partial charge >= 0.3 is 0 Å². The molecule has 2 aromatic rings. The van der Waals surface area contributed by atoms with E-state index in [0.29, 0.717) is 24.7 Å². The maximum absolute atomic E-state index is 12.4. The summed E-state index contributed by atoms with van der Waals surface area (Å²) in [6.07, 6.45) is 3.09. The van der Waals surface area contributed by atoms with Crippen molar-refractivity contribution in [1.29, 1.82) is 0 Å². The molecule has 0 spiro atoms. The number of amides is 2. The predicted molar refractivity (Wildman–Crippen MR) is 105 cm³/mol. The first-order valence-electron chi connectivity index (χ1n) is 9.29. The van der Waals surface area contributed by atoms with Crippen LogP contribution < -0.4 is 10.6 Å². The lowest BCUT2D eigenvalue weighted by atomic mass is 9.97. The maximum Gasteiger partial charge on any atom is 0.224 e. The highest BCUT2D eigenvalue weighted by atomic mass is 16.2. The topological polar surface area (TPSA) is 58.2 Å². The summed E-state index contributed by atoms with van der Waals surface area (Å²) in [4.78, 5) is 24.2. The Labute approximate surface area is 155 Å². The van der Waals surface area contributed by atoms with Crippen LogP contribution in [0.4, 0.5) is 11.4 Å². The summed E-state index contributed by atoms with van der Waals surface area (Å²) in [6, 6.07) is 15.7. The highest BCUT2D eigenvalue weighted by molar-refractivity contribution is 5.93. The van der Waals surface area contributed by atoms with E-state index in [1.165, 1.54) is 11.1 Å². The molecule has 1 aliphatic carbocycles. The van der Waals surface area contributed by atoms with Crippen molar-refractivity contribution in [3.05, 3.63) is 59.7 Å². The van der Waals surface area contributed by atoms with Gasteiger partial charge in [-0.3, -0.25) is 9.59 Å². The minimum Gasteiger partial charge on any atom is -0.326 e. The molecule has 0 saturated carbocycles. The molecule has 4 nitrogen and oxygen atoms in total. The van der Waals surface area contributed by atoms with Gasteiger partial charge in [0.05, 0.1) is 0 Å². The number of aryl methyl sites for hydroxylation is 1. The average molecular weight is 350 g/mol. The average Bonchev–Trinajstić information content (AvgIpc) is 2.99. The van der Waals surface area contributed by atoms with Gasteiger partial charge in [-0.05, 0) is 60.1 Å². The van der Waals surface area contributed by atoms with Crippen LogP contribution in [0.1, 0.15) is 50.2 Å². The molecule has 26 heavy (non-hydrogen) atoms. The van der Waals surface area contributed by atoms with Crippen molar-refractivity contribution in [3.8, 4) is 0 Å². The van der Waals surface area contributed by atoms with Crippen LogP contribution in [0, 0.1) is 5.92 Å². The molecule has 0 bridgehead atoms. The van der Waals surface area contributed by atoms with Crippen LogP contribution in [0.5, 0.6) is 0 Å². The second-order valence-electron chi connectivity index (χ2n) is 7.41. The highest BCUT2D eigenvalue weighted by Crippen LogP contribution is 2.35. The van der Waals surface area contributed by atoms with Gasteiger partial charge in [-0.1, -0.05) is 38.1 Å². The highest BCUT2D eigenvalue weighted by Gasteiger charge is 2.24. The number of hydrogen-bond donors (Lipinski definition) is 2. The predicted octanol–water partition coefficient (Wildman–Crippen LogP) is 4.73. The molecule has 0 heterocycles. The van der Waals surface area contributed by atoms with Crippen LogP contribution in [-0.2, 0) is 16.0 Å². The lowest BCUT2D eigenvalue weighted by Gasteiger charge is -2.12. The van der Waals surface area contributed by atoms with Crippen molar-refractivity contribution in [2.75, 3.05) is 10.6 Å². The SMILES string of the molecule is CC(C)CC(=O)Nc1ccc(NC(=O)CC2CCc3ccccc32)cc1. The number of benzene rings is 2. The van der Waals surface area contributed by atoms with E-state index >= 15 is 0 Å². The van der Waals surface area contributed by atoms with Crippen LogP contribution in [0.3, 0.4) is 0 Å². The molecule has 4 heteroatoms. The third-order valence-electron chi connectivity index (χ3n) is 4.73. The first-order chi connectivity index (χ1) is 12.5. The van der Waals surface area contributed by atoms with E-state index in [-0.39, 0.29) is 11.8 Å². The van der Waals surface area contributed by atoms with Gasteiger partial charge < -0.3 is 10.6 Å². The minimum absolute atomic E-state index is 0.0108. The Hall–Kier alpha value is -2.62. The molecule has 3 rings (SSSR count). The third kappa shape index (κ3) is 4.72. The van der Waals surface area contributed by atoms with Crippen LogP contribution >= 0.6 is 0 Å².